The smallest absolute Gasteiger partial charge is 0.326 e. The third-order valence-electron chi connectivity index (χ3n) is 2.11. The minimum atomic E-state index is -1.09. The molecule has 0 spiro atoms. The molecule has 17 heavy (non-hydrogen) atoms. The summed E-state index contributed by atoms with van der Waals surface area (Å²) in [6.45, 7) is 0. The number of hydrogen-bond acceptors (Lipinski definition) is 3. The molecule has 0 radical (unpaired) electrons. The summed E-state index contributed by atoms with van der Waals surface area (Å²) in [6.07, 6.45) is 8.57. The van der Waals surface area contributed by atoms with Gasteiger partial charge in [0.25, 0.3) is 0 Å². The van der Waals surface area contributed by atoms with Crippen molar-refractivity contribution in [1.29, 1.82) is 0 Å². The lowest BCUT2D eigenvalue weighted by Gasteiger charge is -2.12. The quantitative estimate of drug-likeness (QED) is 0.602. The number of carboxylic acid groups (broad SMARTS) is 1. The van der Waals surface area contributed by atoms with Crippen molar-refractivity contribution in [2.24, 2.45) is 0 Å². The molecule has 1 heterocycles. The van der Waals surface area contributed by atoms with Crippen molar-refractivity contribution < 1.29 is 14.7 Å². The summed E-state index contributed by atoms with van der Waals surface area (Å²) in [7, 11) is 0. The highest BCUT2D eigenvalue weighted by Crippen LogP contribution is 2.00. The fourth-order valence-corrected chi connectivity index (χ4v) is 1.27. The number of aromatic nitrogens is 2. The van der Waals surface area contributed by atoms with E-state index in [1.807, 2.05) is 0 Å². The Kier molecular flexibility index (Phi) is 4.76. The maximum absolute atomic E-state index is 11.3. The number of aliphatic carboxylic acids is 1. The zero-order valence-corrected chi connectivity index (χ0v) is 9.14. The number of rotatable bonds is 6. The Hall–Kier alpha value is -2.29. The molecular formula is C11H13N3O3. The van der Waals surface area contributed by atoms with Crippen molar-refractivity contribution >= 4 is 11.9 Å². The van der Waals surface area contributed by atoms with Gasteiger partial charge in [0.2, 0.25) is 5.91 Å². The van der Waals surface area contributed by atoms with Gasteiger partial charge in [0, 0.05) is 31.2 Å². The van der Waals surface area contributed by atoms with Gasteiger partial charge in [-0.1, -0.05) is 0 Å². The molecule has 1 unspecified atom stereocenters. The fourth-order valence-electron chi connectivity index (χ4n) is 1.27. The average molecular weight is 235 g/mol. The van der Waals surface area contributed by atoms with Crippen LogP contribution in [0.2, 0.25) is 0 Å². The first-order valence-corrected chi connectivity index (χ1v) is 5.06. The normalized spacial score (nSPS) is 11.5. The maximum atomic E-state index is 11.3. The molecule has 3 N–H and O–H groups in total. The Bertz CT molecular complexity index is 420. The van der Waals surface area contributed by atoms with Crippen LogP contribution in [-0.4, -0.2) is 33.0 Å². The van der Waals surface area contributed by atoms with E-state index in [4.69, 9.17) is 11.5 Å². The zero-order valence-electron chi connectivity index (χ0n) is 9.14. The van der Waals surface area contributed by atoms with Crippen LogP contribution in [0.3, 0.4) is 0 Å². The van der Waals surface area contributed by atoms with Gasteiger partial charge >= 0.3 is 5.97 Å². The number of amides is 1. The molecular weight excluding hydrogens is 222 g/mol. The van der Waals surface area contributed by atoms with Gasteiger partial charge in [-0.05, 0) is 0 Å². The number of imidazole rings is 1. The highest BCUT2D eigenvalue weighted by molar-refractivity contribution is 5.83. The minimum absolute atomic E-state index is 0.128. The minimum Gasteiger partial charge on any atom is -0.480 e. The van der Waals surface area contributed by atoms with E-state index in [9.17, 15) is 9.59 Å². The number of carboxylic acids is 1. The first kappa shape index (κ1) is 12.8. The Morgan fingerprint density at radius 2 is 2.41 bits per heavy atom. The van der Waals surface area contributed by atoms with Gasteiger partial charge in [-0.25, -0.2) is 9.78 Å². The molecule has 0 bridgehead atoms. The number of carbonyl (C=O) groups is 2. The van der Waals surface area contributed by atoms with Gasteiger partial charge in [0.1, 0.15) is 6.04 Å². The van der Waals surface area contributed by atoms with E-state index in [-0.39, 0.29) is 18.7 Å². The van der Waals surface area contributed by atoms with Crippen molar-refractivity contribution in [1.82, 2.24) is 15.3 Å². The van der Waals surface area contributed by atoms with Crippen LogP contribution in [0.15, 0.2) is 12.5 Å². The van der Waals surface area contributed by atoms with Gasteiger partial charge in [-0.2, -0.15) is 0 Å². The Morgan fingerprint density at radius 1 is 1.65 bits per heavy atom. The summed E-state index contributed by atoms with van der Waals surface area (Å²) in [4.78, 5) is 28.9. The summed E-state index contributed by atoms with van der Waals surface area (Å²) >= 11 is 0. The largest absolute Gasteiger partial charge is 0.480 e. The second kappa shape index (κ2) is 6.33. The van der Waals surface area contributed by atoms with Crippen molar-refractivity contribution in [3.63, 3.8) is 0 Å². The van der Waals surface area contributed by atoms with Gasteiger partial charge in [-0.3, -0.25) is 4.79 Å². The Labute approximate surface area is 98.4 Å². The number of terminal acetylenes is 1. The molecule has 1 aromatic heterocycles. The second-order valence-corrected chi connectivity index (χ2v) is 3.44. The van der Waals surface area contributed by atoms with E-state index in [2.05, 4.69) is 21.2 Å². The summed E-state index contributed by atoms with van der Waals surface area (Å²) < 4.78 is 0. The molecule has 1 rings (SSSR count). The molecule has 6 heteroatoms. The van der Waals surface area contributed by atoms with E-state index < -0.39 is 12.0 Å². The first-order chi connectivity index (χ1) is 8.13. The van der Waals surface area contributed by atoms with Gasteiger partial charge in [-0.15, -0.1) is 12.3 Å². The lowest BCUT2D eigenvalue weighted by atomic mass is 10.1. The van der Waals surface area contributed by atoms with Crippen LogP contribution in [0.25, 0.3) is 0 Å². The van der Waals surface area contributed by atoms with Crippen LogP contribution in [0, 0.1) is 12.3 Å². The Balaban J connectivity index is 2.52. The van der Waals surface area contributed by atoms with E-state index in [0.717, 1.165) is 0 Å². The molecule has 0 aliphatic rings. The van der Waals surface area contributed by atoms with E-state index in [0.29, 0.717) is 12.1 Å². The molecule has 0 aromatic carbocycles. The van der Waals surface area contributed by atoms with Gasteiger partial charge in [0.05, 0.1) is 6.33 Å². The molecule has 6 nitrogen and oxygen atoms in total. The molecule has 0 saturated carbocycles. The van der Waals surface area contributed by atoms with Gasteiger partial charge in [0.15, 0.2) is 0 Å². The van der Waals surface area contributed by atoms with E-state index in [1.54, 1.807) is 0 Å². The van der Waals surface area contributed by atoms with E-state index in [1.165, 1.54) is 12.5 Å². The van der Waals surface area contributed by atoms with Crippen molar-refractivity contribution in [2.45, 2.75) is 25.3 Å². The van der Waals surface area contributed by atoms with Crippen molar-refractivity contribution in [2.75, 3.05) is 0 Å². The predicted molar refractivity (Wildman–Crippen MR) is 59.9 cm³/mol. The second-order valence-electron chi connectivity index (χ2n) is 3.44. The number of hydrogen-bond donors (Lipinski definition) is 3. The van der Waals surface area contributed by atoms with Crippen LogP contribution in [0.5, 0.6) is 0 Å². The van der Waals surface area contributed by atoms with Crippen molar-refractivity contribution in [3.8, 4) is 12.3 Å². The maximum Gasteiger partial charge on any atom is 0.326 e. The first-order valence-electron chi connectivity index (χ1n) is 5.06. The number of aromatic amines is 1. The molecule has 0 fully saturated rings. The fraction of sp³-hybridized carbons (Fsp3) is 0.364. The predicted octanol–water partition coefficient (Wildman–Crippen LogP) is -0.0650. The van der Waals surface area contributed by atoms with Crippen LogP contribution in [0.4, 0.5) is 0 Å². The third-order valence-corrected chi connectivity index (χ3v) is 2.11. The standard InChI is InChI=1S/C11H13N3O3/c1-2-3-4-10(15)14-9(11(16)17)5-8-6-12-7-13-8/h1,6-7,9H,3-5H2,(H,12,13)(H,14,15)(H,16,17). The van der Waals surface area contributed by atoms with Crippen LogP contribution >= 0.6 is 0 Å². The molecule has 1 amide bonds. The molecule has 90 valence electrons. The number of nitrogens with one attached hydrogen (secondary N) is 2. The van der Waals surface area contributed by atoms with Crippen LogP contribution in [0.1, 0.15) is 18.5 Å². The summed E-state index contributed by atoms with van der Waals surface area (Å²) in [5, 5.41) is 11.4. The lowest BCUT2D eigenvalue weighted by Crippen LogP contribution is -2.42. The highest BCUT2D eigenvalue weighted by atomic mass is 16.4. The topological polar surface area (TPSA) is 95.1 Å². The molecule has 0 aliphatic carbocycles. The number of carbonyl (C=O) groups excluding carboxylic acids is 1. The third kappa shape index (κ3) is 4.38. The van der Waals surface area contributed by atoms with Crippen LogP contribution in [-0.2, 0) is 16.0 Å². The monoisotopic (exact) mass is 235 g/mol. The number of nitrogens with zero attached hydrogens (tertiary/aromatic N) is 1. The molecule has 0 saturated heterocycles. The molecule has 1 atom stereocenters. The Morgan fingerprint density at radius 3 is 2.94 bits per heavy atom. The zero-order chi connectivity index (χ0) is 12.7. The van der Waals surface area contributed by atoms with Crippen LogP contribution < -0.4 is 5.32 Å². The summed E-state index contributed by atoms with van der Waals surface area (Å²) in [6, 6.07) is -0.972. The average Bonchev–Trinajstić information content (AvgIpc) is 2.78. The lowest BCUT2D eigenvalue weighted by molar-refractivity contribution is -0.141. The highest BCUT2D eigenvalue weighted by Gasteiger charge is 2.20. The van der Waals surface area contributed by atoms with E-state index >= 15 is 0 Å². The summed E-state index contributed by atoms with van der Waals surface area (Å²) in [5.41, 5.74) is 0.648. The number of H-pyrrole nitrogens is 1. The summed E-state index contributed by atoms with van der Waals surface area (Å²) in [5.74, 6) is 0.867. The molecule has 0 aliphatic heterocycles. The molecule has 1 aromatic rings. The van der Waals surface area contributed by atoms with Crippen molar-refractivity contribution in [3.05, 3.63) is 18.2 Å². The SMILES string of the molecule is C#CCCC(=O)NC(Cc1cnc[nH]1)C(=O)O. The van der Waals surface area contributed by atoms with Gasteiger partial charge < -0.3 is 15.4 Å².